The average molecular weight is 271 g/mol. The fourth-order valence-electron chi connectivity index (χ4n) is 1.74. The van der Waals surface area contributed by atoms with Crippen LogP contribution in [0.4, 0.5) is 13.2 Å². The number of nitrogens with two attached hydrogens (primary N) is 1. The Kier molecular flexibility index (Phi) is 3.48. The van der Waals surface area contributed by atoms with Crippen molar-refractivity contribution in [2.24, 2.45) is 12.8 Å². The highest BCUT2D eigenvalue weighted by atomic mass is 19.4. The van der Waals surface area contributed by atoms with E-state index in [1.54, 1.807) is 24.0 Å². The summed E-state index contributed by atoms with van der Waals surface area (Å²) in [6.07, 6.45) is -3.08. The number of rotatable bonds is 3. The van der Waals surface area contributed by atoms with Gasteiger partial charge in [-0.05, 0) is 23.8 Å². The van der Waals surface area contributed by atoms with Gasteiger partial charge in [-0.3, -0.25) is 4.68 Å². The maximum atomic E-state index is 12.0. The predicted octanol–water partition coefficient (Wildman–Crippen LogP) is 2.37. The van der Waals surface area contributed by atoms with Crippen LogP contribution < -0.4 is 10.5 Å². The van der Waals surface area contributed by atoms with E-state index in [-0.39, 0.29) is 5.75 Å². The Morgan fingerprint density at radius 2 is 1.84 bits per heavy atom. The van der Waals surface area contributed by atoms with E-state index in [1.807, 2.05) is 0 Å². The highest BCUT2D eigenvalue weighted by molar-refractivity contribution is 5.32. The van der Waals surface area contributed by atoms with Crippen molar-refractivity contribution < 1.29 is 17.9 Å². The maximum Gasteiger partial charge on any atom is 0.573 e. The summed E-state index contributed by atoms with van der Waals surface area (Å²) in [5.41, 5.74) is 7.46. The summed E-state index contributed by atoms with van der Waals surface area (Å²) in [6.45, 7) is 0. The third kappa shape index (κ3) is 3.25. The third-order valence-corrected chi connectivity index (χ3v) is 2.65. The van der Waals surface area contributed by atoms with Crippen LogP contribution in [0.1, 0.15) is 17.3 Å². The van der Waals surface area contributed by atoms with Crippen molar-refractivity contribution in [3.05, 3.63) is 47.8 Å². The summed E-state index contributed by atoms with van der Waals surface area (Å²) in [5.74, 6) is -0.270. The zero-order valence-corrected chi connectivity index (χ0v) is 10.1. The molecule has 7 heteroatoms. The van der Waals surface area contributed by atoms with Crippen molar-refractivity contribution in [2.75, 3.05) is 0 Å². The summed E-state index contributed by atoms with van der Waals surface area (Å²) in [7, 11) is 1.75. The molecule has 2 N–H and O–H groups in total. The van der Waals surface area contributed by atoms with Gasteiger partial charge in [0.25, 0.3) is 0 Å². The smallest absolute Gasteiger partial charge is 0.406 e. The highest BCUT2D eigenvalue weighted by Crippen LogP contribution is 2.25. The van der Waals surface area contributed by atoms with Gasteiger partial charge in [0.15, 0.2) is 0 Å². The Morgan fingerprint density at radius 3 is 2.32 bits per heavy atom. The quantitative estimate of drug-likeness (QED) is 0.932. The number of aryl methyl sites for hydroxylation is 1. The number of hydrogen-bond donors (Lipinski definition) is 1. The van der Waals surface area contributed by atoms with Crippen LogP contribution in [0, 0.1) is 0 Å². The number of ether oxygens (including phenoxy) is 1. The van der Waals surface area contributed by atoms with Crippen molar-refractivity contribution in [2.45, 2.75) is 12.4 Å². The van der Waals surface area contributed by atoms with Crippen LogP contribution in [0.5, 0.6) is 5.75 Å². The summed E-state index contributed by atoms with van der Waals surface area (Å²) in [6, 6.07) is 6.77. The van der Waals surface area contributed by atoms with Crippen LogP contribution in [0.25, 0.3) is 0 Å². The van der Waals surface area contributed by atoms with Gasteiger partial charge in [0, 0.05) is 13.2 Å². The fourth-order valence-corrected chi connectivity index (χ4v) is 1.74. The lowest BCUT2D eigenvalue weighted by atomic mass is 10.0. The molecule has 0 radical (unpaired) electrons. The van der Waals surface area contributed by atoms with Gasteiger partial charge in [-0.1, -0.05) is 12.1 Å². The van der Waals surface area contributed by atoms with Gasteiger partial charge in [0.05, 0.1) is 11.7 Å². The maximum absolute atomic E-state index is 12.0. The molecule has 1 unspecified atom stereocenters. The molecular formula is C12H12F3N3O. The number of nitrogens with zero attached hydrogens (tertiary/aromatic N) is 2. The molecule has 2 rings (SSSR count). The first-order valence-electron chi connectivity index (χ1n) is 5.46. The van der Waals surface area contributed by atoms with E-state index in [9.17, 15) is 13.2 Å². The van der Waals surface area contributed by atoms with Gasteiger partial charge in [-0.2, -0.15) is 5.10 Å². The zero-order chi connectivity index (χ0) is 14.0. The van der Waals surface area contributed by atoms with E-state index < -0.39 is 12.4 Å². The second kappa shape index (κ2) is 4.93. The standard InChI is InChI=1S/C12H12F3N3O/c1-18-10(6-7-17-18)11(16)8-2-4-9(5-3-8)19-12(13,14)15/h2-7,11H,16H2,1H3. The van der Waals surface area contributed by atoms with Gasteiger partial charge in [-0.15, -0.1) is 13.2 Å². The van der Waals surface area contributed by atoms with Crippen LogP contribution in [0.15, 0.2) is 36.5 Å². The molecular weight excluding hydrogens is 259 g/mol. The molecule has 0 bridgehead atoms. The number of benzene rings is 1. The molecule has 0 amide bonds. The summed E-state index contributed by atoms with van der Waals surface area (Å²) < 4.78 is 41.5. The first kappa shape index (κ1) is 13.4. The molecule has 1 atom stereocenters. The minimum absolute atomic E-state index is 0.270. The number of alkyl halides is 3. The molecule has 4 nitrogen and oxygen atoms in total. The van der Waals surface area contributed by atoms with Crippen LogP contribution in [-0.4, -0.2) is 16.1 Å². The van der Waals surface area contributed by atoms with Crippen molar-refractivity contribution in [1.29, 1.82) is 0 Å². The van der Waals surface area contributed by atoms with Crippen LogP contribution >= 0.6 is 0 Å². The predicted molar refractivity (Wildman–Crippen MR) is 62.4 cm³/mol. The Balaban J connectivity index is 2.17. The Hall–Kier alpha value is -2.02. The van der Waals surface area contributed by atoms with Gasteiger partial charge in [-0.25, -0.2) is 0 Å². The molecule has 19 heavy (non-hydrogen) atoms. The van der Waals surface area contributed by atoms with Gasteiger partial charge in [0.2, 0.25) is 0 Å². The lowest BCUT2D eigenvalue weighted by Gasteiger charge is -2.14. The fraction of sp³-hybridized carbons (Fsp3) is 0.250. The summed E-state index contributed by atoms with van der Waals surface area (Å²) >= 11 is 0. The summed E-state index contributed by atoms with van der Waals surface area (Å²) in [4.78, 5) is 0. The van der Waals surface area contributed by atoms with E-state index in [4.69, 9.17) is 5.73 Å². The van der Waals surface area contributed by atoms with Crippen LogP contribution in [0.3, 0.4) is 0 Å². The lowest BCUT2D eigenvalue weighted by molar-refractivity contribution is -0.274. The van der Waals surface area contributed by atoms with Gasteiger partial charge in [0.1, 0.15) is 5.75 Å². The van der Waals surface area contributed by atoms with E-state index in [1.165, 1.54) is 24.3 Å². The first-order valence-corrected chi connectivity index (χ1v) is 5.46. The second-order valence-corrected chi connectivity index (χ2v) is 3.97. The van der Waals surface area contributed by atoms with E-state index >= 15 is 0 Å². The molecule has 1 aromatic heterocycles. The molecule has 1 heterocycles. The molecule has 0 aliphatic heterocycles. The van der Waals surface area contributed by atoms with Crippen molar-refractivity contribution in [3.63, 3.8) is 0 Å². The number of aromatic nitrogens is 2. The molecule has 0 aliphatic carbocycles. The largest absolute Gasteiger partial charge is 0.573 e. The molecule has 2 aromatic rings. The van der Waals surface area contributed by atoms with Crippen molar-refractivity contribution in [1.82, 2.24) is 9.78 Å². The normalized spacial score (nSPS) is 13.3. The van der Waals surface area contributed by atoms with Crippen molar-refractivity contribution in [3.8, 4) is 5.75 Å². The topological polar surface area (TPSA) is 53.1 Å². The Bertz CT molecular complexity index is 548. The molecule has 0 saturated heterocycles. The van der Waals surface area contributed by atoms with Crippen LogP contribution in [-0.2, 0) is 7.05 Å². The molecule has 1 aromatic carbocycles. The molecule has 0 saturated carbocycles. The molecule has 0 aliphatic rings. The summed E-state index contributed by atoms with van der Waals surface area (Å²) in [5, 5.41) is 3.99. The second-order valence-electron chi connectivity index (χ2n) is 3.97. The Labute approximate surface area is 107 Å². The zero-order valence-electron chi connectivity index (χ0n) is 10.1. The highest BCUT2D eigenvalue weighted by Gasteiger charge is 2.31. The van der Waals surface area contributed by atoms with Crippen molar-refractivity contribution >= 4 is 0 Å². The average Bonchev–Trinajstić information content (AvgIpc) is 2.73. The molecule has 102 valence electrons. The third-order valence-electron chi connectivity index (χ3n) is 2.65. The molecule has 0 spiro atoms. The first-order chi connectivity index (χ1) is 8.87. The van der Waals surface area contributed by atoms with E-state index in [0.29, 0.717) is 5.56 Å². The van der Waals surface area contributed by atoms with E-state index in [0.717, 1.165) is 5.69 Å². The number of halogens is 3. The monoisotopic (exact) mass is 271 g/mol. The minimum Gasteiger partial charge on any atom is -0.406 e. The van der Waals surface area contributed by atoms with Gasteiger partial charge >= 0.3 is 6.36 Å². The van der Waals surface area contributed by atoms with Gasteiger partial charge < -0.3 is 10.5 Å². The lowest BCUT2D eigenvalue weighted by Crippen LogP contribution is -2.18. The van der Waals surface area contributed by atoms with E-state index in [2.05, 4.69) is 9.84 Å². The number of hydrogen-bond acceptors (Lipinski definition) is 3. The Morgan fingerprint density at radius 1 is 1.21 bits per heavy atom. The minimum atomic E-state index is -4.69. The molecule has 0 fully saturated rings. The van der Waals surface area contributed by atoms with Crippen LogP contribution in [0.2, 0.25) is 0 Å². The SMILES string of the molecule is Cn1nccc1C(N)c1ccc(OC(F)(F)F)cc1.